The largest absolute Gasteiger partial charge is 0.547 e. The SMILES string of the molecule is CC(N)(N)CN(CCCN)OC(=O)ON(CCCN)CC(C)(N)N. The van der Waals surface area contributed by atoms with Gasteiger partial charge in [-0.25, -0.2) is 0 Å². The lowest BCUT2D eigenvalue weighted by Crippen LogP contribution is -2.56. The number of carbonyl (C=O) groups is 1. The summed E-state index contributed by atoms with van der Waals surface area (Å²) in [6.45, 7) is 5.09. The molecular formula is C13H34N8O3. The Hall–Kier alpha value is -1.05. The van der Waals surface area contributed by atoms with Crippen molar-refractivity contribution in [3.05, 3.63) is 0 Å². The summed E-state index contributed by atoms with van der Waals surface area (Å²) in [5.41, 5.74) is 31.9. The number of carbonyl (C=O) groups excluding carboxylic acids is 1. The van der Waals surface area contributed by atoms with E-state index < -0.39 is 17.5 Å². The van der Waals surface area contributed by atoms with Gasteiger partial charge in [0.05, 0.1) is 24.4 Å². The first-order valence-corrected chi connectivity index (χ1v) is 7.92. The maximum atomic E-state index is 12.0. The fraction of sp³-hybridized carbons (Fsp3) is 0.923. The van der Waals surface area contributed by atoms with Crippen LogP contribution in [0.25, 0.3) is 0 Å². The van der Waals surface area contributed by atoms with Crippen LogP contribution in [0.3, 0.4) is 0 Å². The molecule has 0 aliphatic heterocycles. The molecule has 144 valence electrons. The third kappa shape index (κ3) is 13.4. The van der Waals surface area contributed by atoms with Crippen LogP contribution in [-0.2, 0) is 9.68 Å². The summed E-state index contributed by atoms with van der Waals surface area (Å²) in [4.78, 5) is 22.3. The number of hydroxylamine groups is 4. The van der Waals surface area contributed by atoms with Gasteiger partial charge in [0.25, 0.3) is 0 Å². The summed E-state index contributed by atoms with van der Waals surface area (Å²) in [6, 6.07) is 0. The van der Waals surface area contributed by atoms with Crippen LogP contribution in [0.15, 0.2) is 0 Å². The van der Waals surface area contributed by atoms with Gasteiger partial charge in [-0.2, -0.15) is 4.79 Å². The molecular weight excluding hydrogens is 316 g/mol. The number of hydrogen-bond donors (Lipinski definition) is 6. The van der Waals surface area contributed by atoms with Crippen molar-refractivity contribution in [2.24, 2.45) is 34.4 Å². The monoisotopic (exact) mass is 350 g/mol. The van der Waals surface area contributed by atoms with Crippen molar-refractivity contribution in [3.8, 4) is 0 Å². The van der Waals surface area contributed by atoms with Crippen LogP contribution in [-0.4, -0.2) is 66.9 Å². The summed E-state index contributed by atoms with van der Waals surface area (Å²) in [6.07, 6.45) is 0.269. The zero-order valence-electron chi connectivity index (χ0n) is 14.7. The highest BCUT2D eigenvalue weighted by Gasteiger charge is 2.25. The standard InChI is InChI=1S/C13H34N8O3/c1-12(16,17)9-20(7-3-5-14)23-11(22)24-21(8-4-6-15)10-13(2,18)19/h3-10,14-19H2,1-2H3. The maximum absolute atomic E-state index is 12.0. The molecule has 0 aliphatic rings. The Kier molecular flexibility index (Phi) is 10.3. The van der Waals surface area contributed by atoms with E-state index in [9.17, 15) is 4.79 Å². The Morgan fingerprint density at radius 2 is 1.17 bits per heavy atom. The summed E-state index contributed by atoms with van der Waals surface area (Å²) in [5.74, 6) is 0. The minimum absolute atomic E-state index is 0.121. The summed E-state index contributed by atoms with van der Waals surface area (Å²) in [5, 5.41) is 2.64. The topological polar surface area (TPSA) is 198 Å². The molecule has 0 aromatic heterocycles. The molecule has 0 fully saturated rings. The van der Waals surface area contributed by atoms with Crippen LogP contribution in [0.1, 0.15) is 26.7 Å². The summed E-state index contributed by atoms with van der Waals surface area (Å²) in [7, 11) is 0. The minimum Gasteiger partial charge on any atom is -0.334 e. The van der Waals surface area contributed by atoms with E-state index in [1.807, 2.05) is 0 Å². The molecule has 0 aromatic carbocycles. The quantitative estimate of drug-likeness (QED) is 0.161. The lowest BCUT2D eigenvalue weighted by atomic mass is 10.2. The van der Waals surface area contributed by atoms with Crippen molar-refractivity contribution in [3.63, 3.8) is 0 Å². The van der Waals surface area contributed by atoms with Crippen molar-refractivity contribution in [1.29, 1.82) is 0 Å². The van der Waals surface area contributed by atoms with E-state index in [-0.39, 0.29) is 13.1 Å². The second-order valence-electron chi connectivity index (χ2n) is 6.46. The van der Waals surface area contributed by atoms with Gasteiger partial charge in [0.2, 0.25) is 0 Å². The number of nitrogens with two attached hydrogens (primary N) is 6. The number of nitrogens with zero attached hydrogens (tertiary/aromatic N) is 2. The number of hydrogen-bond acceptors (Lipinski definition) is 11. The zero-order chi connectivity index (χ0) is 18.8. The van der Waals surface area contributed by atoms with Crippen LogP contribution in [0.5, 0.6) is 0 Å². The van der Waals surface area contributed by atoms with Gasteiger partial charge in [0.1, 0.15) is 0 Å². The Morgan fingerprint density at radius 3 is 1.42 bits per heavy atom. The van der Waals surface area contributed by atoms with E-state index in [1.165, 1.54) is 10.1 Å². The molecule has 0 unspecified atom stereocenters. The zero-order valence-corrected chi connectivity index (χ0v) is 14.7. The maximum Gasteiger partial charge on any atom is 0.547 e. The van der Waals surface area contributed by atoms with Crippen LogP contribution < -0.4 is 34.4 Å². The molecule has 0 aromatic rings. The molecule has 0 heterocycles. The van der Waals surface area contributed by atoms with E-state index in [1.54, 1.807) is 13.8 Å². The lowest BCUT2D eigenvalue weighted by molar-refractivity contribution is -0.195. The molecule has 0 bridgehead atoms. The highest BCUT2D eigenvalue weighted by Crippen LogP contribution is 2.05. The van der Waals surface area contributed by atoms with Gasteiger partial charge in [0, 0.05) is 13.1 Å². The first-order chi connectivity index (χ1) is 11.0. The van der Waals surface area contributed by atoms with Crippen molar-refractivity contribution in [2.75, 3.05) is 39.3 Å². The first-order valence-electron chi connectivity index (χ1n) is 7.92. The predicted octanol–water partition coefficient (Wildman–Crippen LogP) is -2.46. The molecule has 11 nitrogen and oxygen atoms in total. The van der Waals surface area contributed by atoms with Gasteiger partial charge in [-0.15, -0.1) is 10.1 Å². The molecule has 0 saturated heterocycles. The third-order valence-electron chi connectivity index (χ3n) is 2.66. The third-order valence-corrected chi connectivity index (χ3v) is 2.66. The molecule has 24 heavy (non-hydrogen) atoms. The normalized spacial score (nSPS) is 12.8. The van der Waals surface area contributed by atoms with Crippen molar-refractivity contribution < 1.29 is 14.5 Å². The molecule has 0 rings (SSSR count). The Bertz CT molecular complexity index is 324. The number of rotatable bonds is 12. The second-order valence-corrected chi connectivity index (χ2v) is 6.46. The molecule has 0 aliphatic carbocycles. The lowest BCUT2D eigenvalue weighted by Gasteiger charge is -2.30. The molecule has 11 heteroatoms. The van der Waals surface area contributed by atoms with E-state index in [0.29, 0.717) is 39.0 Å². The molecule has 0 amide bonds. The van der Waals surface area contributed by atoms with E-state index in [0.717, 1.165) is 0 Å². The first kappa shape index (κ1) is 22.9. The summed E-state index contributed by atoms with van der Waals surface area (Å²) >= 11 is 0. The van der Waals surface area contributed by atoms with E-state index in [4.69, 9.17) is 44.1 Å². The Labute approximate surface area is 143 Å². The highest BCUT2D eigenvalue weighted by molar-refractivity contribution is 5.59. The summed E-state index contributed by atoms with van der Waals surface area (Å²) < 4.78 is 0. The van der Waals surface area contributed by atoms with E-state index >= 15 is 0 Å². The van der Waals surface area contributed by atoms with Crippen LogP contribution in [0.4, 0.5) is 4.79 Å². The van der Waals surface area contributed by atoms with Gasteiger partial charge in [0.15, 0.2) is 0 Å². The van der Waals surface area contributed by atoms with E-state index in [2.05, 4.69) is 0 Å². The van der Waals surface area contributed by atoms with Gasteiger partial charge >= 0.3 is 6.16 Å². The van der Waals surface area contributed by atoms with Crippen LogP contribution >= 0.6 is 0 Å². The predicted molar refractivity (Wildman–Crippen MR) is 91.6 cm³/mol. The molecule has 0 spiro atoms. The molecule has 12 N–H and O–H groups in total. The van der Waals surface area contributed by atoms with Gasteiger partial charge in [-0.05, 0) is 39.8 Å². The Morgan fingerprint density at radius 1 is 0.833 bits per heavy atom. The van der Waals surface area contributed by atoms with Gasteiger partial charge < -0.3 is 44.1 Å². The smallest absolute Gasteiger partial charge is 0.334 e. The molecule has 0 saturated carbocycles. The van der Waals surface area contributed by atoms with Gasteiger partial charge in [-0.3, -0.25) is 0 Å². The molecule has 0 atom stereocenters. The Balaban J connectivity index is 4.67. The van der Waals surface area contributed by atoms with Gasteiger partial charge in [-0.1, -0.05) is 0 Å². The fourth-order valence-electron chi connectivity index (χ4n) is 1.84. The van der Waals surface area contributed by atoms with Crippen LogP contribution in [0, 0.1) is 0 Å². The van der Waals surface area contributed by atoms with Crippen LogP contribution in [0.2, 0.25) is 0 Å². The highest BCUT2D eigenvalue weighted by atomic mass is 16.9. The van der Waals surface area contributed by atoms with Crippen molar-refractivity contribution in [1.82, 2.24) is 10.1 Å². The molecule has 0 radical (unpaired) electrons. The minimum atomic E-state index is -1.04. The van der Waals surface area contributed by atoms with Crippen molar-refractivity contribution in [2.45, 2.75) is 38.0 Å². The second kappa shape index (κ2) is 10.7. The average molecular weight is 350 g/mol. The fourth-order valence-corrected chi connectivity index (χ4v) is 1.84. The average Bonchev–Trinajstić information content (AvgIpc) is 2.38. The van der Waals surface area contributed by atoms with Crippen molar-refractivity contribution >= 4 is 6.16 Å².